The second-order valence-electron chi connectivity index (χ2n) is 3.89. The van der Waals surface area contributed by atoms with Gasteiger partial charge in [-0.15, -0.1) is 0 Å². The molecular weight excluding hydrogens is 242 g/mol. The quantitative estimate of drug-likeness (QED) is 0.769. The first kappa shape index (κ1) is 9.84. The molecule has 14 heavy (non-hydrogen) atoms. The van der Waals surface area contributed by atoms with Crippen LogP contribution in [-0.4, -0.2) is 13.2 Å². The van der Waals surface area contributed by atoms with E-state index in [-0.39, 0.29) is 0 Å². The SMILES string of the molecule is Cc1cc2c(cc1Br)OCC(C)CN2. The van der Waals surface area contributed by atoms with Crippen LogP contribution < -0.4 is 10.1 Å². The van der Waals surface area contributed by atoms with Crippen LogP contribution in [0.5, 0.6) is 5.75 Å². The van der Waals surface area contributed by atoms with E-state index in [1.807, 2.05) is 6.07 Å². The minimum atomic E-state index is 0.557. The van der Waals surface area contributed by atoms with Gasteiger partial charge in [-0.3, -0.25) is 0 Å². The summed E-state index contributed by atoms with van der Waals surface area (Å²) in [5.41, 5.74) is 2.34. The highest BCUT2D eigenvalue weighted by molar-refractivity contribution is 9.10. The predicted molar refractivity (Wildman–Crippen MR) is 62.0 cm³/mol. The molecule has 0 radical (unpaired) electrons. The zero-order valence-electron chi connectivity index (χ0n) is 8.43. The van der Waals surface area contributed by atoms with Crippen molar-refractivity contribution in [1.29, 1.82) is 0 Å². The van der Waals surface area contributed by atoms with Gasteiger partial charge >= 0.3 is 0 Å². The summed E-state index contributed by atoms with van der Waals surface area (Å²) < 4.78 is 6.81. The highest BCUT2D eigenvalue weighted by atomic mass is 79.9. The zero-order chi connectivity index (χ0) is 10.1. The molecule has 0 aliphatic carbocycles. The van der Waals surface area contributed by atoms with Crippen molar-refractivity contribution >= 4 is 21.6 Å². The smallest absolute Gasteiger partial charge is 0.143 e. The van der Waals surface area contributed by atoms with Gasteiger partial charge in [-0.05, 0) is 24.6 Å². The summed E-state index contributed by atoms with van der Waals surface area (Å²) in [7, 11) is 0. The first-order valence-electron chi connectivity index (χ1n) is 4.83. The lowest BCUT2D eigenvalue weighted by Gasteiger charge is -2.09. The van der Waals surface area contributed by atoms with E-state index < -0.39 is 0 Å². The number of aryl methyl sites for hydroxylation is 1. The molecule has 0 saturated heterocycles. The number of hydrogen-bond acceptors (Lipinski definition) is 2. The van der Waals surface area contributed by atoms with Crippen molar-refractivity contribution < 1.29 is 4.74 Å². The van der Waals surface area contributed by atoms with Crippen LogP contribution in [0, 0.1) is 12.8 Å². The van der Waals surface area contributed by atoms with Crippen LogP contribution in [0.15, 0.2) is 16.6 Å². The van der Waals surface area contributed by atoms with E-state index in [1.54, 1.807) is 0 Å². The van der Waals surface area contributed by atoms with Crippen molar-refractivity contribution in [2.24, 2.45) is 5.92 Å². The molecule has 0 saturated carbocycles. The van der Waals surface area contributed by atoms with Crippen LogP contribution in [0.4, 0.5) is 5.69 Å². The molecule has 2 rings (SSSR count). The maximum absolute atomic E-state index is 5.70. The third-order valence-corrected chi connectivity index (χ3v) is 3.28. The zero-order valence-corrected chi connectivity index (χ0v) is 10.0. The second kappa shape index (κ2) is 3.81. The summed E-state index contributed by atoms with van der Waals surface area (Å²) in [5, 5.41) is 3.40. The molecular formula is C11H14BrNO. The molecule has 3 heteroatoms. The van der Waals surface area contributed by atoms with E-state index >= 15 is 0 Å². The third kappa shape index (κ3) is 1.87. The van der Waals surface area contributed by atoms with Crippen molar-refractivity contribution in [3.8, 4) is 5.75 Å². The Morgan fingerprint density at radius 1 is 1.50 bits per heavy atom. The number of hydrogen-bond donors (Lipinski definition) is 1. The largest absolute Gasteiger partial charge is 0.491 e. The van der Waals surface area contributed by atoms with Crippen LogP contribution in [0.1, 0.15) is 12.5 Å². The molecule has 1 heterocycles. The number of anilines is 1. The molecule has 2 nitrogen and oxygen atoms in total. The van der Waals surface area contributed by atoms with E-state index in [1.165, 1.54) is 5.56 Å². The lowest BCUT2D eigenvalue weighted by atomic mass is 10.2. The van der Waals surface area contributed by atoms with Crippen LogP contribution in [0.3, 0.4) is 0 Å². The Bertz CT molecular complexity index is 318. The monoisotopic (exact) mass is 255 g/mol. The predicted octanol–water partition coefficient (Wildman–Crippen LogP) is 3.20. The Labute approximate surface area is 92.8 Å². The lowest BCUT2D eigenvalue weighted by Crippen LogP contribution is -2.13. The van der Waals surface area contributed by atoms with Gasteiger partial charge in [0.1, 0.15) is 5.75 Å². The van der Waals surface area contributed by atoms with Gasteiger partial charge in [-0.2, -0.15) is 0 Å². The van der Waals surface area contributed by atoms with E-state index in [4.69, 9.17) is 4.74 Å². The molecule has 0 amide bonds. The van der Waals surface area contributed by atoms with Crippen molar-refractivity contribution in [1.82, 2.24) is 0 Å². The molecule has 76 valence electrons. The third-order valence-electron chi connectivity index (χ3n) is 2.43. The molecule has 0 fully saturated rings. The first-order valence-corrected chi connectivity index (χ1v) is 5.63. The van der Waals surface area contributed by atoms with E-state index in [9.17, 15) is 0 Å². The van der Waals surface area contributed by atoms with E-state index in [0.29, 0.717) is 5.92 Å². The van der Waals surface area contributed by atoms with Crippen molar-refractivity contribution in [2.75, 3.05) is 18.5 Å². The van der Waals surface area contributed by atoms with E-state index in [2.05, 4.69) is 41.2 Å². The summed E-state index contributed by atoms with van der Waals surface area (Å²) in [4.78, 5) is 0. The molecule has 0 bridgehead atoms. The number of nitrogens with one attached hydrogen (secondary N) is 1. The van der Waals surface area contributed by atoms with Crippen molar-refractivity contribution in [3.05, 3.63) is 22.2 Å². The van der Waals surface area contributed by atoms with Gasteiger partial charge < -0.3 is 10.1 Å². The Balaban J connectivity index is 2.36. The average Bonchev–Trinajstić information content (AvgIpc) is 2.31. The normalized spacial score (nSPS) is 20.4. The number of rotatable bonds is 0. The van der Waals surface area contributed by atoms with Crippen molar-refractivity contribution in [2.45, 2.75) is 13.8 Å². The highest BCUT2D eigenvalue weighted by Gasteiger charge is 2.14. The van der Waals surface area contributed by atoms with Gasteiger partial charge in [-0.1, -0.05) is 22.9 Å². The van der Waals surface area contributed by atoms with Gasteiger partial charge in [0.2, 0.25) is 0 Å². The van der Waals surface area contributed by atoms with Crippen LogP contribution in [0.2, 0.25) is 0 Å². The molecule has 1 aliphatic heterocycles. The molecule has 0 aromatic heterocycles. The topological polar surface area (TPSA) is 21.3 Å². The molecule has 0 spiro atoms. The summed E-state index contributed by atoms with van der Waals surface area (Å²) in [5.74, 6) is 1.51. The fourth-order valence-corrected chi connectivity index (χ4v) is 1.82. The number of fused-ring (bicyclic) bond motifs is 1. The van der Waals surface area contributed by atoms with Gasteiger partial charge in [-0.25, -0.2) is 0 Å². The van der Waals surface area contributed by atoms with Gasteiger partial charge in [0.15, 0.2) is 0 Å². The number of benzene rings is 1. The van der Waals surface area contributed by atoms with Gasteiger partial charge in [0.25, 0.3) is 0 Å². The molecule has 1 aromatic carbocycles. The fraction of sp³-hybridized carbons (Fsp3) is 0.455. The van der Waals surface area contributed by atoms with E-state index in [0.717, 1.165) is 29.1 Å². The van der Waals surface area contributed by atoms with Crippen molar-refractivity contribution in [3.63, 3.8) is 0 Å². The van der Waals surface area contributed by atoms with Crippen LogP contribution in [0.25, 0.3) is 0 Å². The maximum Gasteiger partial charge on any atom is 0.143 e. The Kier molecular flexibility index (Phi) is 2.68. The minimum Gasteiger partial charge on any atom is -0.491 e. The molecule has 1 N–H and O–H groups in total. The average molecular weight is 256 g/mol. The Hall–Kier alpha value is -0.700. The molecule has 1 aliphatic rings. The summed E-state index contributed by atoms with van der Waals surface area (Å²) >= 11 is 3.51. The lowest BCUT2D eigenvalue weighted by molar-refractivity contribution is 0.275. The van der Waals surface area contributed by atoms with Gasteiger partial charge in [0.05, 0.1) is 12.3 Å². The molecule has 1 aromatic rings. The minimum absolute atomic E-state index is 0.557. The Morgan fingerprint density at radius 2 is 2.29 bits per heavy atom. The van der Waals surface area contributed by atoms with Gasteiger partial charge in [0, 0.05) is 16.9 Å². The summed E-state index contributed by atoms with van der Waals surface area (Å²) in [6, 6.07) is 4.16. The maximum atomic E-state index is 5.70. The number of ether oxygens (including phenoxy) is 1. The standard InChI is InChI=1S/C11H14BrNO/c1-7-5-13-10-3-8(2)9(12)4-11(10)14-6-7/h3-4,7,13H,5-6H2,1-2H3. The first-order chi connectivity index (χ1) is 6.66. The van der Waals surface area contributed by atoms with Crippen LogP contribution in [-0.2, 0) is 0 Å². The molecule has 1 unspecified atom stereocenters. The Morgan fingerprint density at radius 3 is 3.07 bits per heavy atom. The summed E-state index contributed by atoms with van der Waals surface area (Å²) in [6.45, 7) is 6.03. The molecule has 1 atom stereocenters. The highest BCUT2D eigenvalue weighted by Crippen LogP contribution is 2.33. The number of halogens is 1. The fourth-order valence-electron chi connectivity index (χ4n) is 1.50. The second-order valence-corrected chi connectivity index (χ2v) is 4.75. The van der Waals surface area contributed by atoms with Crippen LogP contribution >= 0.6 is 15.9 Å². The summed E-state index contributed by atoms with van der Waals surface area (Å²) in [6.07, 6.45) is 0.